The Bertz CT molecular complexity index is 789. The van der Waals surface area contributed by atoms with E-state index in [-0.39, 0.29) is 6.04 Å². The summed E-state index contributed by atoms with van der Waals surface area (Å²) < 4.78 is 5.93. The summed E-state index contributed by atoms with van der Waals surface area (Å²) in [6, 6.07) is 10.9. The lowest BCUT2D eigenvalue weighted by molar-refractivity contribution is 0.456. The lowest BCUT2D eigenvalue weighted by Crippen LogP contribution is -2.07. The third-order valence-corrected chi connectivity index (χ3v) is 3.51. The van der Waals surface area contributed by atoms with Gasteiger partial charge in [0.05, 0.1) is 5.02 Å². The number of rotatable bonds is 3. The molecule has 0 spiro atoms. The van der Waals surface area contributed by atoms with Crippen molar-refractivity contribution in [1.29, 1.82) is 0 Å². The van der Waals surface area contributed by atoms with E-state index in [9.17, 15) is 0 Å². The molecule has 0 radical (unpaired) electrons. The van der Waals surface area contributed by atoms with Gasteiger partial charge in [0.15, 0.2) is 5.75 Å². The number of ether oxygens (including phenoxy) is 1. The van der Waals surface area contributed by atoms with Gasteiger partial charge in [0.2, 0.25) is 5.88 Å². The Hall–Kier alpha value is -2.17. The average molecular weight is 300 g/mol. The van der Waals surface area contributed by atoms with Crippen molar-refractivity contribution in [3.05, 3.63) is 59.4 Å². The summed E-state index contributed by atoms with van der Waals surface area (Å²) in [6.45, 7) is 1.89. The number of benzene rings is 1. The molecule has 2 N–H and O–H groups in total. The summed E-state index contributed by atoms with van der Waals surface area (Å²) in [7, 11) is 0. The van der Waals surface area contributed by atoms with Crippen LogP contribution in [-0.4, -0.2) is 9.97 Å². The molecule has 4 nitrogen and oxygen atoms in total. The van der Waals surface area contributed by atoms with Crippen molar-refractivity contribution in [2.75, 3.05) is 0 Å². The molecule has 0 amide bonds. The molecule has 3 rings (SSSR count). The van der Waals surface area contributed by atoms with Crippen LogP contribution in [0.15, 0.2) is 48.8 Å². The molecule has 0 saturated carbocycles. The average Bonchev–Trinajstić information content (AvgIpc) is 2.51. The van der Waals surface area contributed by atoms with E-state index < -0.39 is 0 Å². The Morgan fingerprint density at radius 3 is 2.67 bits per heavy atom. The highest BCUT2D eigenvalue weighted by atomic mass is 35.5. The van der Waals surface area contributed by atoms with Gasteiger partial charge in [-0.1, -0.05) is 17.7 Å². The standard InChI is InChI=1S/C16H14ClN3O/c1-10(18)11-4-2-9-20-16(11)21-14-7-6-13(17)12-5-3-8-19-15(12)14/h2-10H,18H2,1H3. The summed E-state index contributed by atoms with van der Waals surface area (Å²) in [5.74, 6) is 1.09. The molecule has 0 aliphatic heterocycles. The molecule has 1 unspecified atom stereocenters. The van der Waals surface area contributed by atoms with Crippen LogP contribution in [0.4, 0.5) is 0 Å². The van der Waals surface area contributed by atoms with Crippen molar-refractivity contribution in [3.8, 4) is 11.6 Å². The number of fused-ring (bicyclic) bond motifs is 1. The van der Waals surface area contributed by atoms with Crippen molar-refractivity contribution >= 4 is 22.5 Å². The molecule has 1 atom stereocenters. The molecule has 0 bridgehead atoms. The fourth-order valence-electron chi connectivity index (χ4n) is 2.13. The zero-order valence-electron chi connectivity index (χ0n) is 11.5. The van der Waals surface area contributed by atoms with Crippen molar-refractivity contribution in [2.45, 2.75) is 13.0 Å². The molecular formula is C16H14ClN3O. The molecule has 0 aliphatic carbocycles. The van der Waals surface area contributed by atoms with Gasteiger partial charge in [0.25, 0.3) is 0 Å². The van der Waals surface area contributed by atoms with Crippen LogP contribution in [0, 0.1) is 0 Å². The second-order valence-electron chi connectivity index (χ2n) is 4.73. The number of hydrogen-bond donors (Lipinski definition) is 1. The molecular weight excluding hydrogens is 286 g/mol. The van der Waals surface area contributed by atoms with Crippen LogP contribution in [0.2, 0.25) is 5.02 Å². The minimum atomic E-state index is -0.166. The fourth-order valence-corrected chi connectivity index (χ4v) is 2.35. The van der Waals surface area contributed by atoms with Gasteiger partial charge in [-0.05, 0) is 37.3 Å². The monoisotopic (exact) mass is 299 g/mol. The van der Waals surface area contributed by atoms with Crippen molar-refractivity contribution in [2.24, 2.45) is 5.73 Å². The molecule has 3 aromatic rings. The van der Waals surface area contributed by atoms with Crippen molar-refractivity contribution < 1.29 is 4.74 Å². The molecule has 0 saturated heterocycles. The number of halogens is 1. The van der Waals surface area contributed by atoms with Gasteiger partial charge < -0.3 is 10.5 Å². The predicted octanol–water partition coefficient (Wildman–Crippen LogP) is 4.10. The van der Waals surface area contributed by atoms with Gasteiger partial charge in [-0.2, -0.15) is 0 Å². The molecule has 1 aromatic carbocycles. The van der Waals surface area contributed by atoms with Crippen molar-refractivity contribution in [1.82, 2.24) is 9.97 Å². The van der Waals surface area contributed by atoms with Gasteiger partial charge in [0.1, 0.15) is 5.52 Å². The first-order chi connectivity index (χ1) is 10.2. The second-order valence-corrected chi connectivity index (χ2v) is 5.14. The maximum Gasteiger partial charge on any atom is 0.224 e. The minimum Gasteiger partial charge on any atom is -0.436 e. The maximum atomic E-state index is 6.18. The topological polar surface area (TPSA) is 61.0 Å². The number of nitrogens with two attached hydrogens (primary N) is 1. The summed E-state index contributed by atoms with van der Waals surface area (Å²) in [6.07, 6.45) is 3.38. The Balaban J connectivity index is 2.09. The molecule has 21 heavy (non-hydrogen) atoms. The first-order valence-corrected chi connectivity index (χ1v) is 6.96. The van der Waals surface area contributed by atoms with E-state index in [0.717, 1.165) is 10.9 Å². The first-order valence-electron chi connectivity index (χ1n) is 6.58. The maximum absolute atomic E-state index is 6.18. The van der Waals surface area contributed by atoms with Crippen LogP contribution in [0.25, 0.3) is 10.9 Å². The highest BCUT2D eigenvalue weighted by Crippen LogP contribution is 2.33. The summed E-state index contributed by atoms with van der Waals surface area (Å²) in [4.78, 5) is 8.61. The Morgan fingerprint density at radius 2 is 1.86 bits per heavy atom. The van der Waals surface area contributed by atoms with Gasteiger partial charge in [-0.25, -0.2) is 4.98 Å². The molecule has 0 aliphatic rings. The zero-order chi connectivity index (χ0) is 14.8. The van der Waals surface area contributed by atoms with Crippen LogP contribution >= 0.6 is 11.6 Å². The lowest BCUT2D eigenvalue weighted by atomic mass is 10.1. The van der Waals surface area contributed by atoms with Crippen LogP contribution in [0.5, 0.6) is 11.6 Å². The quantitative estimate of drug-likeness (QED) is 0.791. The predicted molar refractivity (Wildman–Crippen MR) is 83.7 cm³/mol. The van der Waals surface area contributed by atoms with E-state index in [1.165, 1.54) is 0 Å². The molecule has 2 aromatic heterocycles. The van der Waals surface area contributed by atoms with Crippen LogP contribution in [0.3, 0.4) is 0 Å². The third-order valence-electron chi connectivity index (χ3n) is 3.18. The van der Waals surface area contributed by atoms with Crippen LogP contribution in [0.1, 0.15) is 18.5 Å². The van der Waals surface area contributed by atoms with Gasteiger partial charge in [-0.3, -0.25) is 4.98 Å². The Labute approximate surface area is 127 Å². The molecule has 2 heterocycles. The van der Waals surface area contributed by atoms with E-state index in [1.807, 2.05) is 31.2 Å². The van der Waals surface area contributed by atoms with E-state index in [0.29, 0.717) is 22.2 Å². The first kappa shape index (κ1) is 13.8. The minimum absolute atomic E-state index is 0.166. The van der Waals surface area contributed by atoms with Crippen LogP contribution in [-0.2, 0) is 0 Å². The SMILES string of the molecule is CC(N)c1cccnc1Oc1ccc(Cl)c2cccnc12. The number of nitrogens with zero attached hydrogens (tertiary/aromatic N) is 2. The highest BCUT2D eigenvalue weighted by Gasteiger charge is 2.13. The zero-order valence-corrected chi connectivity index (χ0v) is 12.2. The highest BCUT2D eigenvalue weighted by molar-refractivity contribution is 6.35. The van der Waals surface area contributed by atoms with E-state index >= 15 is 0 Å². The fraction of sp³-hybridized carbons (Fsp3) is 0.125. The molecule has 0 fully saturated rings. The Kier molecular flexibility index (Phi) is 3.73. The lowest BCUT2D eigenvalue weighted by Gasteiger charge is -2.13. The molecule has 106 valence electrons. The third kappa shape index (κ3) is 2.68. The Morgan fingerprint density at radius 1 is 1.10 bits per heavy atom. The number of pyridine rings is 2. The normalized spacial score (nSPS) is 12.3. The van der Waals surface area contributed by atoms with Crippen molar-refractivity contribution in [3.63, 3.8) is 0 Å². The number of hydrogen-bond acceptors (Lipinski definition) is 4. The smallest absolute Gasteiger partial charge is 0.224 e. The summed E-state index contributed by atoms with van der Waals surface area (Å²) in [5, 5.41) is 1.48. The largest absolute Gasteiger partial charge is 0.436 e. The van der Waals surface area contributed by atoms with Gasteiger partial charge in [0, 0.05) is 29.4 Å². The van der Waals surface area contributed by atoms with E-state index in [4.69, 9.17) is 22.1 Å². The van der Waals surface area contributed by atoms with Gasteiger partial charge in [-0.15, -0.1) is 0 Å². The van der Waals surface area contributed by atoms with Gasteiger partial charge >= 0.3 is 0 Å². The number of aromatic nitrogens is 2. The van der Waals surface area contributed by atoms with E-state index in [1.54, 1.807) is 24.5 Å². The van der Waals surface area contributed by atoms with Crippen LogP contribution < -0.4 is 10.5 Å². The molecule has 5 heteroatoms. The second kappa shape index (κ2) is 5.68. The summed E-state index contributed by atoms with van der Waals surface area (Å²) in [5.41, 5.74) is 7.49. The summed E-state index contributed by atoms with van der Waals surface area (Å²) >= 11 is 6.18. The van der Waals surface area contributed by atoms with E-state index in [2.05, 4.69) is 9.97 Å².